The second kappa shape index (κ2) is 6.28. The monoisotopic (exact) mass is 287 g/mol. The Hall–Kier alpha value is -1.85. The summed E-state index contributed by atoms with van der Waals surface area (Å²) in [6, 6.07) is 8.44. The van der Waals surface area contributed by atoms with Gasteiger partial charge in [0.05, 0.1) is 13.2 Å². The fraction of sp³-hybridized carbons (Fsp3) is 0.438. The summed E-state index contributed by atoms with van der Waals surface area (Å²) in [5, 5.41) is 4.33. The van der Waals surface area contributed by atoms with Crippen LogP contribution in [0.3, 0.4) is 0 Å². The summed E-state index contributed by atoms with van der Waals surface area (Å²) in [6.07, 6.45) is 1.99. The van der Waals surface area contributed by atoms with Crippen LogP contribution in [0.2, 0.25) is 0 Å². The van der Waals surface area contributed by atoms with E-state index in [-0.39, 0.29) is 5.91 Å². The summed E-state index contributed by atoms with van der Waals surface area (Å²) in [5.74, 6) is 0.162. The largest absolute Gasteiger partial charge is 0.378 e. The lowest BCUT2D eigenvalue weighted by Gasteiger charge is -2.27. The Morgan fingerprint density at radius 3 is 2.86 bits per heavy atom. The van der Waals surface area contributed by atoms with Gasteiger partial charge in [-0.25, -0.2) is 0 Å². The van der Waals surface area contributed by atoms with Crippen LogP contribution in [0.1, 0.15) is 5.56 Å². The fourth-order valence-electron chi connectivity index (χ4n) is 2.74. The molecule has 21 heavy (non-hydrogen) atoms. The van der Waals surface area contributed by atoms with E-state index in [0.29, 0.717) is 32.8 Å². The Morgan fingerprint density at radius 2 is 2.10 bits per heavy atom. The maximum atomic E-state index is 12.4. The number of rotatable bonds is 4. The molecule has 1 aromatic heterocycles. The summed E-state index contributed by atoms with van der Waals surface area (Å²) in [7, 11) is 1.94. The molecule has 1 amide bonds. The van der Waals surface area contributed by atoms with Crippen LogP contribution in [-0.4, -0.2) is 48.7 Å². The van der Waals surface area contributed by atoms with Crippen LogP contribution in [0.4, 0.5) is 0 Å². The lowest BCUT2D eigenvalue weighted by Crippen LogP contribution is -2.42. The molecule has 1 saturated heterocycles. The third-order valence-electron chi connectivity index (χ3n) is 3.89. The minimum Gasteiger partial charge on any atom is -0.378 e. The first-order chi connectivity index (χ1) is 10.3. The SMILES string of the molecule is CNCc1ccc2ccn(CC(=O)N3CCOCC3)c2c1. The fourth-order valence-corrected chi connectivity index (χ4v) is 2.74. The van der Waals surface area contributed by atoms with Crippen LogP contribution < -0.4 is 5.32 Å². The first-order valence-electron chi connectivity index (χ1n) is 7.36. The molecule has 0 radical (unpaired) electrons. The number of amides is 1. The minimum atomic E-state index is 0.162. The van der Waals surface area contributed by atoms with Gasteiger partial charge in [0, 0.05) is 31.3 Å². The van der Waals surface area contributed by atoms with Gasteiger partial charge >= 0.3 is 0 Å². The molecule has 0 saturated carbocycles. The molecule has 0 atom stereocenters. The van der Waals surface area contributed by atoms with Crippen molar-refractivity contribution in [3.8, 4) is 0 Å². The standard InChI is InChI=1S/C16H21N3O2/c1-17-11-13-2-3-14-4-5-19(15(14)10-13)12-16(20)18-6-8-21-9-7-18/h2-5,10,17H,6-9,11-12H2,1H3. The highest BCUT2D eigenvalue weighted by Crippen LogP contribution is 2.18. The molecule has 3 rings (SSSR count). The molecule has 1 N–H and O–H groups in total. The molecule has 1 aromatic carbocycles. The molecule has 5 nitrogen and oxygen atoms in total. The lowest BCUT2D eigenvalue weighted by molar-refractivity contribution is -0.135. The maximum Gasteiger partial charge on any atom is 0.242 e. The third-order valence-corrected chi connectivity index (χ3v) is 3.89. The Bertz CT molecular complexity index is 629. The highest BCUT2D eigenvalue weighted by molar-refractivity contribution is 5.84. The molecule has 0 unspecified atom stereocenters. The predicted octanol–water partition coefficient (Wildman–Crippen LogP) is 1.22. The maximum absolute atomic E-state index is 12.4. The van der Waals surface area contributed by atoms with Crippen LogP contribution in [0.15, 0.2) is 30.5 Å². The second-order valence-electron chi connectivity index (χ2n) is 5.36. The average Bonchev–Trinajstić information content (AvgIpc) is 2.91. The van der Waals surface area contributed by atoms with Crippen LogP contribution in [0.5, 0.6) is 0 Å². The summed E-state index contributed by atoms with van der Waals surface area (Å²) < 4.78 is 7.32. The van der Waals surface area contributed by atoms with E-state index in [1.165, 1.54) is 10.9 Å². The van der Waals surface area contributed by atoms with Crippen LogP contribution in [0, 0.1) is 0 Å². The number of aromatic nitrogens is 1. The lowest BCUT2D eigenvalue weighted by atomic mass is 10.1. The van der Waals surface area contributed by atoms with Crippen molar-refractivity contribution < 1.29 is 9.53 Å². The number of hydrogen-bond acceptors (Lipinski definition) is 3. The van der Waals surface area contributed by atoms with E-state index in [9.17, 15) is 4.79 Å². The van der Waals surface area contributed by atoms with E-state index in [1.54, 1.807) is 0 Å². The zero-order valence-electron chi connectivity index (χ0n) is 12.3. The van der Waals surface area contributed by atoms with Crippen molar-refractivity contribution in [1.82, 2.24) is 14.8 Å². The highest BCUT2D eigenvalue weighted by atomic mass is 16.5. The van der Waals surface area contributed by atoms with Crippen molar-refractivity contribution in [1.29, 1.82) is 0 Å². The van der Waals surface area contributed by atoms with Crippen LogP contribution in [0.25, 0.3) is 10.9 Å². The number of carbonyl (C=O) groups excluding carboxylic acids is 1. The summed E-state index contributed by atoms with van der Waals surface area (Å²) >= 11 is 0. The van der Waals surface area contributed by atoms with Crippen LogP contribution in [-0.2, 0) is 22.6 Å². The normalized spacial score (nSPS) is 15.6. The number of hydrogen-bond donors (Lipinski definition) is 1. The second-order valence-corrected chi connectivity index (χ2v) is 5.36. The van der Waals surface area contributed by atoms with Gasteiger partial charge in [-0.3, -0.25) is 4.79 Å². The molecule has 2 heterocycles. The van der Waals surface area contributed by atoms with Gasteiger partial charge in [0.1, 0.15) is 6.54 Å². The average molecular weight is 287 g/mol. The number of carbonyl (C=O) groups is 1. The zero-order chi connectivity index (χ0) is 14.7. The molecule has 0 bridgehead atoms. The molecule has 2 aromatic rings. The molecule has 0 spiro atoms. The van der Waals surface area contributed by atoms with Crippen molar-refractivity contribution in [2.45, 2.75) is 13.1 Å². The van der Waals surface area contributed by atoms with E-state index >= 15 is 0 Å². The van der Waals surface area contributed by atoms with Gasteiger partial charge in [-0.05, 0) is 30.1 Å². The quantitative estimate of drug-likeness (QED) is 0.920. The molecule has 5 heteroatoms. The molecule has 1 aliphatic heterocycles. The molecule has 1 fully saturated rings. The number of nitrogens with zero attached hydrogens (tertiary/aromatic N) is 2. The van der Waals surface area contributed by atoms with E-state index in [2.05, 4.69) is 29.6 Å². The Kier molecular flexibility index (Phi) is 4.22. The number of fused-ring (bicyclic) bond motifs is 1. The zero-order valence-corrected chi connectivity index (χ0v) is 12.3. The molecule has 112 valence electrons. The van der Waals surface area contributed by atoms with Crippen molar-refractivity contribution in [2.24, 2.45) is 0 Å². The Balaban J connectivity index is 1.79. The van der Waals surface area contributed by atoms with E-state index in [0.717, 1.165) is 12.1 Å². The van der Waals surface area contributed by atoms with Crippen molar-refractivity contribution in [3.05, 3.63) is 36.0 Å². The molecule has 0 aliphatic carbocycles. The predicted molar refractivity (Wildman–Crippen MR) is 82.1 cm³/mol. The van der Waals surface area contributed by atoms with Gasteiger partial charge < -0.3 is 19.5 Å². The first-order valence-corrected chi connectivity index (χ1v) is 7.36. The summed E-state index contributed by atoms with van der Waals surface area (Å²) in [6.45, 7) is 3.91. The van der Waals surface area contributed by atoms with Gasteiger partial charge in [-0.15, -0.1) is 0 Å². The number of morpholine rings is 1. The topological polar surface area (TPSA) is 46.5 Å². The van der Waals surface area contributed by atoms with Crippen molar-refractivity contribution in [2.75, 3.05) is 33.4 Å². The van der Waals surface area contributed by atoms with E-state index in [4.69, 9.17) is 4.74 Å². The van der Waals surface area contributed by atoms with Gasteiger partial charge in [0.25, 0.3) is 0 Å². The summed E-state index contributed by atoms with van der Waals surface area (Å²) in [4.78, 5) is 14.2. The third kappa shape index (κ3) is 3.09. The smallest absolute Gasteiger partial charge is 0.242 e. The van der Waals surface area contributed by atoms with Gasteiger partial charge in [0.15, 0.2) is 0 Å². The van der Waals surface area contributed by atoms with Gasteiger partial charge in [-0.1, -0.05) is 12.1 Å². The van der Waals surface area contributed by atoms with Gasteiger partial charge in [0.2, 0.25) is 5.91 Å². The number of nitrogens with one attached hydrogen (secondary N) is 1. The Labute approximate surface area is 124 Å². The first kappa shape index (κ1) is 14.1. The van der Waals surface area contributed by atoms with E-state index < -0.39 is 0 Å². The number of benzene rings is 1. The van der Waals surface area contributed by atoms with E-state index in [1.807, 2.05) is 22.7 Å². The molecular formula is C16H21N3O2. The van der Waals surface area contributed by atoms with Crippen molar-refractivity contribution in [3.63, 3.8) is 0 Å². The van der Waals surface area contributed by atoms with Crippen molar-refractivity contribution >= 4 is 16.8 Å². The van der Waals surface area contributed by atoms with Crippen LogP contribution >= 0.6 is 0 Å². The Morgan fingerprint density at radius 1 is 1.29 bits per heavy atom. The number of ether oxygens (including phenoxy) is 1. The highest BCUT2D eigenvalue weighted by Gasteiger charge is 2.17. The molecular weight excluding hydrogens is 266 g/mol. The summed E-state index contributed by atoms with van der Waals surface area (Å²) in [5.41, 5.74) is 2.34. The minimum absolute atomic E-state index is 0.162. The molecule has 1 aliphatic rings. The van der Waals surface area contributed by atoms with Gasteiger partial charge in [-0.2, -0.15) is 0 Å².